The number of alkyl halides is 4. The van der Waals surface area contributed by atoms with Crippen LogP contribution in [-0.2, 0) is 11.5 Å². The average Bonchev–Trinajstić information content (AvgIpc) is 3.15. The molecule has 106 valence electrons. The van der Waals surface area contributed by atoms with Gasteiger partial charge in [0.15, 0.2) is 0 Å². The van der Waals surface area contributed by atoms with Gasteiger partial charge in [-0.05, 0) is 36.6 Å². The minimum Gasteiger partial charge on any atom is -0.241 e. The van der Waals surface area contributed by atoms with E-state index in [4.69, 9.17) is 0 Å². The van der Waals surface area contributed by atoms with E-state index in [0.717, 1.165) is 24.6 Å². The first-order valence-electron chi connectivity index (χ1n) is 6.31. The maximum atomic E-state index is 13.0. The van der Waals surface area contributed by atoms with Crippen LogP contribution >= 0.6 is 15.9 Å². The average molecular weight is 345 g/mol. The Balaban J connectivity index is 2.00. The standard InChI is InChI=1S/C14H12BrF3N2/c15-8-10-3-4-11(7-12(10)14(16,17)18)20-6-5-13(19-20)9-1-2-9/h3-7,9H,1-2,8H2. The zero-order chi connectivity index (χ0) is 14.3. The minimum atomic E-state index is -4.36. The van der Waals surface area contributed by atoms with Crippen molar-refractivity contribution in [3.8, 4) is 5.69 Å². The van der Waals surface area contributed by atoms with Crippen molar-refractivity contribution in [1.29, 1.82) is 0 Å². The second-order valence-corrected chi connectivity index (χ2v) is 5.49. The van der Waals surface area contributed by atoms with E-state index in [1.165, 1.54) is 10.7 Å². The van der Waals surface area contributed by atoms with Crippen LogP contribution < -0.4 is 0 Å². The van der Waals surface area contributed by atoms with Gasteiger partial charge >= 0.3 is 6.18 Å². The first kappa shape index (κ1) is 13.7. The molecule has 3 rings (SSSR count). The number of hydrogen-bond acceptors (Lipinski definition) is 1. The molecule has 0 radical (unpaired) electrons. The van der Waals surface area contributed by atoms with Crippen LogP contribution in [0.4, 0.5) is 13.2 Å². The highest BCUT2D eigenvalue weighted by atomic mass is 79.9. The fourth-order valence-corrected chi connectivity index (χ4v) is 2.65. The number of rotatable bonds is 3. The SMILES string of the molecule is FC(F)(F)c1cc(-n2ccc(C3CC3)n2)ccc1CBr. The number of halogens is 4. The fourth-order valence-electron chi connectivity index (χ4n) is 2.17. The Kier molecular flexibility index (Phi) is 3.36. The monoisotopic (exact) mass is 344 g/mol. The highest BCUT2D eigenvalue weighted by Gasteiger charge is 2.33. The van der Waals surface area contributed by atoms with Crippen LogP contribution in [0.25, 0.3) is 5.69 Å². The number of aromatic nitrogens is 2. The quantitative estimate of drug-likeness (QED) is 0.740. The lowest BCUT2D eigenvalue weighted by Gasteiger charge is -2.13. The smallest absolute Gasteiger partial charge is 0.241 e. The normalized spacial score (nSPS) is 15.6. The van der Waals surface area contributed by atoms with Gasteiger partial charge < -0.3 is 0 Å². The highest BCUT2D eigenvalue weighted by molar-refractivity contribution is 9.08. The van der Waals surface area contributed by atoms with Crippen LogP contribution in [0.3, 0.4) is 0 Å². The van der Waals surface area contributed by atoms with E-state index in [2.05, 4.69) is 21.0 Å². The molecule has 1 aliphatic carbocycles. The van der Waals surface area contributed by atoms with E-state index in [1.54, 1.807) is 12.3 Å². The Morgan fingerprint density at radius 2 is 2.00 bits per heavy atom. The molecule has 6 heteroatoms. The molecular formula is C14H12BrF3N2. The molecule has 0 saturated heterocycles. The summed E-state index contributed by atoms with van der Waals surface area (Å²) in [5.41, 5.74) is 1.02. The van der Waals surface area contributed by atoms with Crippen molar-refractivity contribution in [3.05, 3.63) is 47.3 Å². The Hall–Kier alpha value is -1.30. The third kappa shape index (κ3) is 2.61. The largest absolute Gasteiger partial charge is 0.416 e. The fraction of sp³-hybridized carbons (Fsp3) is 0.357. The first-order chi connectivity index (χ1) is 9.49. The van der Waals surface area contributed by atoms with Crippen LogP contribution in [0.1, 0.15) is 35.6 Å². The first-order valence-corrected chi connectivity index (χ1v) is 7.43. The molecule has 2 aromatic rings. The van der Waals surface area contributed by atoms with Gasteiger partial charge in [-0.15, -0.1) is 0 Å². The molecule has 0 aliphatic heterocycles. The van der Waals surface area contributed by atoms with Crippen molar-refractivity contribution in [2.75, 3.05) is 0 Å². The zero-order valence-corrected chi connectivity index (χ0v) is 12.1. The molecule has 1 aromatic carbocycles. The predicted molar refractivity (Wildman–Crippen MR) is 73.2 cm³/mol. The molecule has 1 heterocycles. The predicted octanol–water partition coefficient (Wildman–Crippen LogP) is 4.66. The van der Waals surface area contributed by atoms with E-state index in [1.807, 2.05) is 6.07 Å². The van der Waals surface area contributed by atoms with Crippen molar-refractivity contribution in [2.45, 2.75) is 30.3 Å². The van der Waals surface area contributed by atoms with E-state index in [0.29, 0.717) is 11.6 Å². The molecule has 1 aromatic heterocycles. The van der Waals surface area contributed by atoms with E-state index < -0.39 is 11.7 Å². The topological polar surface area (TPSA) is 17.8 Å². The highest BCUT2D eigenvalue weighted by Crippen LogP contribution is 2.39. The molecular weight excluding hydrogens is 333 g/mol. The van der Waals surface area contributed by atoms with Crippen molar-refractivity contribution in [3.63, 3.8) is 0 Å². The maximum absolute atomic E-state index is 13.0. The molecule has 0 unspecified atom stereocenters. The van der Waals surface area contributed by atoms with Gasteiger partial charge in [0.25, 0.3) is 0 Å². The second-order valence-electron chi connectivity index (χ2n) is 4.93. The van der Waals surface area contributed by atoms with Gasteiger partial charge in [-0.1, -0.05) is 22.0 Å². The third-order valence-corrected chi connectivity index (χ3v) is 4.02. The summed E-state index contributed by atoms with van der Waals surface area (Å²) in [6, 6.07) is 6.19. The molecule has 0 atom stereocenters. The van der Waals surface area contributed by atoms with Crippen LogP contribution in [0, 0.1) is 0 Å². The molecule has 1 aliphatic rings. The lowest BCUT2D eigenvalue weighted by Crippen LogP contribution is -2.10. The Labute approximate surface area is 122 Å². The molecule has 0 bridgehead atoms. The summed E-state index contributed by atoms with van der Waals surface area (Å²) >= 11 is 3.09. The maximum Gasteiger partial charge on any atom is 0.416 e. The van der Waals surface area contributed by atoms with Crippen molar-refractivity contribution in [1.82, 2.24) is 9.78 Å². The van der Waals surface area contributed by atoms with E-state index in [9.17, 15) is 13.2 Å². The summed E-state index contributed by atoms with van der Waals surface area (Å²) in [6.07, 6.45) is -0.400. The Morgan fingerprint density at radius 3 is 2.60 bits per heavy atom. The van der Waals surface area contributed by atoms with E-state index >= 15 is 0 Å². The molecule has 1 saturated carbocycles. The van der Waals surface area contributed by atoms with Crippen molar-refractivity contribution in [2.24, 2.45) is 0 Å². The summed E-state index contributed by atoms with van der Waals surface area (Å²) in [6.45, 7) is 0. The summed E-state index contributed by atoms with van der Waals surface area (Å²) in [5, 5.41) is 4.53. The third-order valence-electron chi connectivity index (χ3n) is 3.41. The zero-order valence-electron chi connectivity index (χ0n) is 10.5. The molecule has 0 spiro atoms. The molecule has 0 amide bonds. The number of hydrogen-bond donors (Lipinski definition) is 0. The van der Waals surface area contributed by atoms with Crippen molar-refractivity contribution < 1.29 is 13.2 Å². The molecule has 20 heavy (non-hydrogen) atoms. The minimum absolute atomic E-state index is 0.175. The lowest BCUT2D eigenvalue weighted by molar-refractivity contribution is -0.138. The van der Waals surface area contributed by atoms with Gasteiger partial charge in [0, 0.05) is 17.4 Å². The molecule has 0 N–H and O–H groups in total. The summed E-state index contributed by atoms with van der Waals surface area (Å²) in [4.78, 5) is 0. The number of benzene rings is 1. The van der Waals surface area contributed by atoms with Crippen molar-refractivity contribution >= 4 is 15.9 Å². The van der Waals surface area contributed by atoms with Gasteiger partial charge in [0.1, 0.15) is 0 Å². The summed E-state index contributed by atoms with van der Waals surface area (Å²) in [7, 11) is 0. The summed E-state index contributed by atoms with van der Waals surface area (Å²) < 4.78 is 40.6. The van der Waals surface area contributed by atoms with Gasteiger partial charge in [-0.25, -0.2) is 4.68 Å². The van der Waals surface area contributed by atoms with Gasteiger partial charge in [0.05, 0.1) is 16.9 Å². The van der Waals surface area contributed by atoms with Crippen LogP contribution in [-0.4, -0.2) is 9.78 Å². The van der Waals surface area contributed by atoms with Crippen LogP contribution in [0.15, 0.2) is 30.5 Å². The molecule has 2 nitrogen and oxygen atoms in total. The van der Waals surface area contributed by atoms with E-state index in [-0.39, 0.29) is 10.9 Å². The molecule has 1 fully saturated rings. The summed E-state index contributed by atoms with van der Waals surface area (Å²) in [5.74, 6) is 0.486. The van der Waals surface area contributed by atoms with Crippen LogP contribution in [0.5, 0.6) is 0 Å². The van der Waals surface area contributed by atoms with Gasteiger partial charge in [-0.2, -0.15) is 18.3 Å². The Bertz CT molecular complexity index is 630. The number of nitrogens with zero attached hydrogens (tertiary/aromatic N) is 2. The van der Waals surface area contributed by atoms with Gasteiger partial charge in [0.2, 0.25) is 0 Å². The van der Waals surface area contributed by atoms with Gasteiger partial charge in [-0.3, -0.25) is 0 Å². The lowest BCUT2D eigenvalue weighted by atomic mass is 10.1. The Morgan fingerprint density at radius 1 is 1.25 bits per heavy atom. The van der Waals surface area contributed by atoms with Crippen LogP contribution in [0.2, 0.25) is 0 Å². The second kappa shape index (κ2) is 4.91.